The molecule has 0 spiro atoms. The molecule has 1 amide bonds. The van der Waals surface area contributed by atoms with Crippen molar-refractivity contribution in [3.8, 4) is 22.4 Å². The van der Waals surface area contributed by atoms with Crippen molar-refractivity contribution in [2.75, 3.05) is 0 Å². The third kappa shape index (κ3) is 3.71. The standard InChI is InChI=1S/C20H21N3O/c1-3-20(24)21-14-15-11-17(16-7-5-4-6-8-16)13-18(12-15)19-9-10-23(2)22-19/h4-13H,3,14H2,1-2H3,(H,21,24). The van der Waals surface area contributed by atoms with E-state index in [-0.39, 0.29) is 5.91 Å². The van der Waals surface area contributed by atoms with Gasteiger partial charge in [0, 0.05) is 31.8 Å². The largest absolute Gasteiger partial charge is 0.352 e. The molecule has 0 atom stereocenters. The second-order valence-electron chi connectivity index (χ2n) is 5.79. The topological polar surface area (TPSA) is 46.9 Å². The number of carbonyl (C=O) groups excluding carboxylic acids is 1. The highest BCUT2D eigenvalue weighted by molar-refractivity contribution is 5.76. The maximum absolute atomic E-state index is 11.6. The number of nitrogens with one attached hydrogen (secondary N) is 1. The van der Waals surface area contributed by atoms with Gasteiger partial charge >= 0.3 is 0 Å². The SMILES string of the molecule is CCC(=O)NCc1cc(-c2ccccc2)cc(-c2ccn(C)n2)c1. The van der Waals surface area contributed by atoms with E-state index in [0.29, 0.717) is 13.0 Å². The first kappa shape index (κ1) is 16.0. The fraction of sp³-hybridized carbons (Fsp3) is 0.200. The maximum Gasteiger partial charge on any atom is 0.219 e. The van der Waals surface area contributed by atoms with Crippen LogP contribution in [-0.2, 0) is 18.4 Å². The van der Waals surface area contributed by atoms with Gasteiger partial charge in [-0.05, 0) is 41.0 Å². The Bertz CT molecular complexity index is 837. The fourth-order valence-corrected chi connectivity index (χ4v) is 2.63. The van der Waals surface area contributed by atoms with E-state index in [0.717, 1.165) is 27.9 Å². The Balaban J connectivity index is 2.00. The third-order valence-corrected chi connectivity index (χ3v) is 3.92. The molecule has 0 aliphatic carbocycles. The van der Waals surface area contributed by atoms with Gasteiger partial charge in [0.2, 0.25) is 5.91 Å². The van der Waals surface area contributed by atoms with Crippen LogP contribution in [0.3, 0.4) is 0 Å². The van der Waals surface area contributed by atoms with Gasteiger partial charge in [0.25, 0.3) is 0 Å². The monoisotopic (exact) mass is 319 g/mol. The van der Waals surface area contributed by atoms with Crippen LogP contribution in [0.25, 0.3) is 22.4 Å². The molecule has 1 aromatic heterocycles. The number of rotatable bonds is 5. The van der Waals surface area contributed by atoms with E-state index in [2.05, 4.69) is 40.7 Å². The van der Waals surface area contributed by atoms with Gasteiger partial charge in [-0.1, -0.05) is 37.3 Å². The Morgan fingerprint density at radius 2 is 1.79 bits per heavy atom. The summed E-state index contributed by atoms with van der Waals surface area (Å²) in [7, 11) is 1.91. The minimum atomic E-state index is 0.0551. The van der Waals surface area contributed by atoms with E-state index in [4.69, 9.17) is 0 Å². The number of hydrogen-bond acceptors (Lipinski definition) is 2. The van der Waals surface area contributed by atoms with Crippen molar-refractivity contribution in [2.24, 2.45) is 7.05 Å². The van der Waals surface area contributed by atoms with Crippen molar-refractivity contribution in [1.29, 1.82) is 0 Å². The molecule has 24 heavy (non-hydrogen) atoms. The zero-order chi connectivity index (χ0) is 16.9. The average Bonchev–Trinajstić information content (AvgIpc) is 3.06. The maximum atomic E-state index is 11.6. The van der Waals surface area contributed by atoms with Gasteiger partial charge in [0.15, 0.2) is 0 Å². The fourth-order valence-electron chi connectivity index (χ4n) is 2.63. The van der Waals surface area contributed by atoms with Crippen LogP contribution < -0.4 is 5.32 Å². The van der Waals surface area contributed by atoms with E-state index >= 15 is 0 Å². The van der Waals surface area contributed by atoms with Crippen LogP contribution in [0.2, 0.25) is 0 Å². The normalized spacial score (nSPS) is 10.6. The quantitative estimate of drug-likeness (QED) is 0.778. The Morgan fingerprint density at radius 1 is 1.04 bits per heavy atom. The summed E-state index contributed by atoms with van der Waals surface area (Å²) in [6, 6.07) is 18.6. The minimum Gasteiger partial charge on any atom is -0.352 e. The van der Waals surface area contributed by atoms with Crippen LogP contribution in [0.15, 0.2) is 60.8 Å². The van der Waals surface area contributed by atoms with Crippen molar-refractivity contribution in [1.82, 2.24) is 15.1 Å². The second-order valence-corrected chi connectivity index (χ2v) is 5.79. The summed E-state index contributed by atoms with van der Waals surface area (Å²) >= 11 is 0. The summed E-state index contributed by atoms with van der Waals surface area (Å²) in [5.41, 5.74) is 5.33. The zero-order valence-electron chi connectivity index (χ0n) is 14.0. The molecule has 2 aromatic carbocycles. The summed E-state index contributed by atoms with van der Waals surface area (Å²) in [5, 5.41) is 7.44. The molecule has 1 N–H and O–H groups in total. The van der Waals surface area contributed by atoms with E-state index in [1.54, 1.807) is 4.68 Å². The number of carbonyl (C=O) groups is 1. The predicted molar refractivity (Wildman–Crippen MR) is 96.2 cm³/mol. The van der Waals surface area contributed by atoms with Crippen LogP contribution in [0, 0.1) is 0 Å². The molecule has 3 aromatic rings. The third-order valence-electron chi connectivity index (χ3n) is 3.92. The summed E-state index contributed by atoms with van der Waals surface area (Å²) in [5.74, 6) is 0.0551. The highest BCUT2D eigenvalue weighted by Crippen LogP contribution is 2.27. The molecule has 3 rings (SSSR count). The highest BCUT2D eigenvalue weighted by Gasteiger charge is 2.08. The summed E-state index contributed by atoms with van der Waals surface area (Å²) in [4.78, 5) is 11.6. The Hall–Kier alpha value is -2.88. The lowest BCUT2D eigenvalue weighted by atomic mass is 9.98. The number of hydrogen-bond donors (Lipinski definition) is 1. The van der Waals surface area contributed by atoms with Gasteiger partial charge in [-0.2, -0.15) is 5.10 Å². The molecule has 0 saturated carbocycles. The van der Waals surface area contributed by atoms with Crippen LogP contribution in [-0.4, -0.2) is 15.7 Å². The molecule has 0 fully saturated rings. The van der Waals surface area contributed by atoms with Gasteiger partial charge in [-0.15, -0.1) is 0 Å². The number of benzene rings is 2. The Morgan fingerprint density at radius 3 is 2.46 bits per heavy atom. The van der Waals surface area contributed by atoms with Gasteiger partial charge < -0.3 is 5.32 Å². The lowest BCUT2D eigenvalue weighted by molar-refractivity contribution is -0.120. The average molecular weight is 319 g/mol. The van der Waals surface area contributed by atoms with Gasteiger partial charge in [-0.25, -0.2) is 0 Å². The molecule has 4 nitrogen and oxygen atoms in total. The van der Waals surface area contributed by atoms with Crippen molar-refractivity contribution in [3.05, 3.63) is 66.4 Å². The summed E-state index contributed by atoms with van der Waals surface area (Å²) in [6.07, 6.45) is 2.43. The molecule has 122 valence electrons. The minimum absolute atomic E-state index is 0.0551. The molecule has 0 aliphatic heterocycles. The molecular formula is C20H21N3O. The Kier molecular flexibility index (Phi) is 4.75. The van der Waals surface area contributed by atoms with E-state index < -0.39 is 0 Å². The van der Waals surface area contributed by atoms with Crippen LogP contribution in [0.1, 0.15) is 18.9 Å². The van der Waals surface area contributed by atoms with Gasteiger partial charge in [0.1, 0.15) is 0 Å². The smallest absolute Gasteiger partial charge is 0.219 e. The van der Waals surface area contributed by atoms with Crippen molar-refractivity contribution < 1.29 is 4.79 Å². The van der Waals surface area contributed by atoms with Crippen LogP contribution in [0.4, 0.5) is 0 Å². The molecule has 0 bridgehead atoms. The zero-order valence-corrected chi connectivity index (χ0v) is 14.0. The predicted octanol–water partition coefficient (Wildman–Crippen LogP) is 3.78. The first-order chi connectivity index (χ1) is 11.7. The molecule has 0 aliphatic rings. The molecule has 1 heterocycles. The van der Waals surface area contributed by atoms with E-state index in [1.807, 2.05) is 44.4 Å². The van der Waals surface area contributed by atoms with Crippen molar-refractivity contribution in [2.45, 2.75) is 19.9 Å². The summed E-state index contributed by atoms with van der Waals surface area (Å²) in [6.45, 7) is 2.38. The number of aryl methyl sites for hydroxylation is 1. The van der Waals surface area contributed by atoms with Crippen LogP contribution >= 0.6 is 0 Å². The lowest BCUT2D eigenvalue weighted by Crippen LogP contribution is -2.21. The highest BCUT2D eigenvalue weighted by atomic mass is 16.1. The van der Waals surface area contributed by atoms with Crippen molar-refractivity contribution in [3.63, 3.8) is 0 Å². The number of aromatic nitrogens is 2. The number of nitrogens with zero attached hydrogens (tertiary/aromatic N) is 2. The lowest BCUT2D eigenvalue weighted by Gasteiger charge is -2.10. The Labute approximate surface area is 142 Å². The van der Waals surface area contributed by atoms with Crippen LogP contribution in [0.5, 0.6) is 0 Å². The van der Waals surface area contributed by atoms with Crippen molar-refractivity contribution >= 4 is 5.91 Å². The molecular weight excluding hydrogens is 298 g/mol. The van der Waals surface area contributed by atoms with Gasteiger partial charge in [-0.3, -0.25) is 9.48 Å². The molecule has 0 unspecified atom stereocenters. The first-order valence-electron chi connectivity index (χ1n) is 8.12. The second kappa shape index (κ2) is 7.13. The molecule has 4 heteroatoms. The molecule has 0 saturated heterocycles. The first-order valence-corrected chi connectivity index (χ1v) is 8.12. The summed E-state index contributed by atoms with van der Waals surface area (Å²) < 4.78 is 1.79. The van der Waals surface area contributed by atoms with E-state index in [9.17, 15) is 4.79 Å². The van der Waals surface area contributed by atoms with Gasteiger partial charge in [0.05, 0.1) is 5.69 Å². The number of amides is 1. The van der Waals surface area contributed by atoms with E-state index in [1.165, 1.54) is 0 Å². The molecule has 0 radical (unpaired) electrons.